The van der Waals surface area contributed by atoms with Crippen LogP contribution in [0.1, 0.15) is 38.5 Å². The number of carboxylic acid groups (broad SMARTS) is 1. The predicted octanol–water partition coefficient (Wildman–Crippen LogP) is 3.48. The molecule has 0 unspecified atom stereocenters. The summed E-state index contributed by atoms with van der Waals surface area (Å²) < 4.78 is 5.11. The Labute approximate surface area is 123 Å². The van der Waals surface area contributed by atoms with E-state index in [0.717, 1.165) is 38.1 Å². The summed E-state index contributed by atoms with van der Waals surface area (Å²) in [4.78, 5) is 21.7. The number of unbranched alkanes of at least 4 members (excludes halogenated alkanes) is 4. The summed E-state index contributed by atoms with van der Waals surface area (Å²) in [6.07, 6.45) is 4.54. The van der Waals surface area contributed by atoms with E-state index >= 15 is 0 Å². The molecular formula is C14H29NO4Si. The van der Waals surface area contributed by atoms with Crippen molar-refractivity contribution in [2.45, 2.75) is 64.2 Å². The highest BCUT2D eigenvalue weighted by atomic mass is 28.3. The first-order valence-electron chi connectivity index (χ1n) is 7.44. The van der Waals surface area contributed by atoms with Crippen molar-refractivity contribution in [2.75, 3.05) is 13.2 Å². The normalized spacial score (nSPS) is 11.2. The maximum absolute atomic E-state index is 11.4. The zero-order chi connectivity index (χ0) is 15.4. The molecule has 0 aromatic carbocycles. The molecule has 0 aliphatic rings. The van der Waals surface area contributed by atoms with Crippen LogP contribution in [0.3, 0.4) is 0 Å². The van der Waals surface area contributed by atoms with Crippen molar-refractivity contribution in [3.8, 4) is 0 Å². The van der Waals surface area contributed by atoms with Crippen molar-refractivity contribution in [1.82, 2.24) is 5.32 Å². The number of rotatable bonds is 11. The minimum Gasteiger partial charge on any atom is -0.481 e. The Morgan fingerprint density at radius 2 is 1.65 bits per heavy atom. The Morgan fingerprint density at radius 3 is 2.25 bits per heavy atom. The quantitative estimate of drug-likeness (QED) is 0.452. The fraction of sp³-hybridized carbons (Fsp3) is 0.857. The number of hydrogen-bond donors (Lipinski definition) is 2. The molecule has 118 valence electrons. The van der Waals surface area contributed by atoms with Crippen molar-refractivity contribution < 1.29 is 19.4 Å². The van der Waals surface area contributed by atoms with Crippen LogP contribution in [0.2, 0.25) is 25.7 Å². The first kappa shape index (κ1) is 19.0. The van der Waals surface area contributed by atoms with Gasteiger partial charge in [0, 0.05) is 21.0 Å². The van der Waals surface area contributed by atoms with Gasteiger partial charge in [-0.15, -0.1) is 0 Å². The Hall–Kier alpha value is -1.04. The van der Waals surface area contributed by atoms with E-state index in [1.54, 1.807) is 0 Å². The zero-order valence-corrected chi connectivity index (χ0v) is 14.0. The van der Waals surface area contributed by atoms with Gasteiger partial charge < -0.3 is 15.2 Å². The fourth-order valence-corrected chi connectivity index (χ4v) is 2.34. The highest BCUT2D eigenvalue weighted by Crippen LogP contribution is 2.07. The molecule has 0 saturated heterocycles. The Kier molecular flexibility index (Phi) is 10.2. The predicted molar refractivity (Wildman–Crippen MR) is 82.8 cm³/mol. The van der Waals surface area contributed by atoms with Gasteiger partial charge in [-0.1, -0.05) is 38.9 Å². The summed E-state index contributed by atoms with van der Waals surface area (Å²) in [6, 6.07) is 0.990. The monoisotopic (exact) mass is 303 g/mol. The van der Waals surface area contributed by atoms with Gasteiger partial charge in [0.2, 0.25) is 0 Å². The van der Waals surface area contributed by atoms with E-state index in [1.807, 2.05) is 0 Å². The largest absolute Gasteiger partial charge is 0.481 e. The van der Waals surface area contributed by atoms with E-state index in [0.29, 0.717) is 13.2 Å². The fourth-order valence-electron chi connectivity index (χ4n) is 1.62. The number of nitrogens with one attached hydrogen (secondary N) is 1. The number of carbonyl (C=O) groups is 2. The van der Waals surface area contributed by atoms with Crippen molar-refractivity contribution in [3.05, 3.63) is 0 Å². The first-order chi connectivity index (χ1) is 9.31. The van der Waals surface area contributed by atoms with Crippen LogP contribution in [0.4, 0.5) is 4.79 Å². The van der Waals surface area contributed by atoms with Crippen LogP contribution in [0, 0.1) is 0 Å². The highest BCUT2D eigenvalue weighted by Gasteiger charge is 2.13. The van der Waals surface area contributed by atoms with E-state index in [1.165, 1.54) is 0 Å². The van der Waals surface area contributed by atoms with Crippen LogP contribution in [-0.4, -0.2) is 38.4 Å². The van der Waals surface area contributed by atoms with Gasteiger partial charge in [-0.3, -0.25) is 4.79 Å². The van der Waals surface area contributed by atoms with Crippen LogP contribution in [0.15, 0.2) is 0 Å². The summed E-state index contributed by atoms with van der Waals surface area (Å²) in [5.41, 5.74) is 0. The number of carboxylic acids is 1. The molecule has 20 heavy (non-hydrogen) atoms. The van der Waals surface area contributed by atoms with Crippen LogP contribution in [-0.2, 0) is 9.53 Å². The van der Waals surface area contributed by atoms with Gasteiger partial charge in [-0.25, -0.2) is 4.79 Å². The second-order valence-corrected chi connectivity index (χ2v) is 11.9. The van der Waals surface area contributed by atoms with Crippen LogP contribution in [0.5, 0.6) is 0 Å². The van der Waals surface area contributed by atoms with E-state index < -0.39 is 14.0 Å². The molecule has 0 aromatic heterocycles. The van der Waals surface area contributed by atoms with Gasteiger partial charge in [-0.2, -0.15) is 0 Å². The molecule has 6 heteroatoms. The van der Waals surface area contributed by atoms with Crippen molar-refractivity contribution in [3.63, 3.8) is 0 Å². The van der Waals surface area contributed by atoms with Crippen molar-refractivity contribution in [1.29, 1.82) is 0 Å². The molecule has 0 bridgehead atoms. The molecular weight excluding hydrogens is 274 g/mol. The van der Waals surface area contributed by atoms with Gasteiger partial charge in [0.05, 0.1) is 6.61 Å². The SMILES string of the molecule is C[Si](C)(C)CCOC(=O)NCCCCCCCC(=O)O. The maximum Gasteiger partial charge on any atom is 0.407 e. The summed E-state index contributed by atoms with van der Waals surface area (Å²) in [7, 11) is -1.14. The first-order valence-corrected chi connectivity index (χ1v) is 11.1. The summed E-state index contributed by atoms with van der Waals surface area (Å²) >= 11 is 0. The Balaban J connectivity index is 3.29. The molecule has 0 aromatic rings. The minimum absolute atomic E-state index is 0.252. The molecule has 0 spiro atoms. The van der Waals surface area contributed by atoms with Gasteiger partial charge in [0.1, 0.15) is 0 Å². The van der Waals surface area contributed by atoms with E-state index in [4.69, 9.17) is 9.84 Å². The number of carbonyl (C=O) groups excluding carboxylic acids is 1. The molecule has 2 N–H and O–H groups in total. The van der Waals surface area contributed by atoms with Crippen LogP contribution < -0.4 is 5.32 Å². The number of aliphatic carboxylic acids is 1. The lowest BCUT2D eigenvalue weighted by Crippen LogP contribution is -2.28. The number of amides is 1. The Bertz CT molecular complexity index is 289. The summed E-state index contributed by atoms with van der Waals surface area (Å²) in [5.74, 6) is -0.729. The van der Waals surface area contributed by atoms with Gasteiger partial charge in [0.25, 0.3) is 0 Å². The summed E-state index contributed by atoms with van der Waals surface area (Å²) in [5, 5.41) is 11.2. The molecule has 0 atom stereocenters. The van der Waals surface area contributed by atoms with Gasteiger partial charge in [0.15, 0.2) is 0 Å². The second-order valence-electron chi connectivity index (χ2n) is 6.28. The number of hydrogen-bond acceptors (Lipinski definition) is 3. The average molecular weight is 303 g/mol. The van der Waals surface area contributed by atoms with Gasteiger partial charge in [-0.05, 0) is 18.9 Å². The molecule has 0 heterocycles. The number of alkyl carbamates (subject to hydrolysis) is 1. The third kappa shape index (κ3) is 15.0. The molecule has 1 amide bonds. The number of ether oxygens (including phenoxy) is 1. The standard InChI is InChI=1S/C14H29NO4Si/c1-20(2,3)12-11-19-14(18)15-10-8-6-4-5-7-9-13(16)17/h4-12H2,1-3H3,(H,15,18)(H,16,17). The molecule has 0 radical (unpaired) electrons. The Morgan fingerprint density at radius 1 is 1.05 bits per heavy atom. The summed E-state index contributed by atoms with van der Waals surface area (Å²) in [6.45, 7) is 7.89. The van der Waals surface area contributed by atoms with Crippen molar-refractivity contribution >= 4 is 20.1 Å². The third-order valence-electron chi connectivity index (χ3n) is 2.92. The molecule has 0 aliphatic carbocycles. The topological polar surface area (TPSA) is 75.6 Å². The van der Waals surface area contributed by atoms with E-state index in [-0.39, 0.29) is 12.5 Å². The third-order valence-corrected chi connectivity index (χ3v) is 4.63. The van der Waals surface area contributed by atoms with Gasteiger partial charge >= 0.3 is 12.1 Å². The van der Waals surface area contributed by atoms with Crippen LogP contribution >= 0.6 is 0 Å². The average Bonchev–Trinajstić information content (AvgIpc) is 2.30. The second kappa shape index (κ2) is 10.7. The highest BCUT2D eigenvalue weighted by molar-refractivity contribution is 6.76. The van der Waals surface area contributed by atoms with E-state index in [9.17, 15) is 9.59 Å². The maximum atomic E-state index is 11.4. The van der Waals surface area contributed by atoms with E-state index in [2.05, 4.69) is 25.0 Å². The molecule has 0 fully saturated rings. The lowest BCUT2D eigenvalue weighted by Gasteiger charge is -2.15. The lowest BCUT2D eigenvalue weighted by atomic mass is 10.1. The molecule has 5 nitrogen and oxygen atoms in total. The molecule has 0 rings (SSSR count). The molecule has 0 aliphatic heterocycles. The lowest BCUT2D eigenvalue weighted by molar-refractivity contribution is -0.137. The minimum atomic E-state index is -1.14. The smallest absolute Gasteiger partial charge is 0.407 e. The zero-order valence-electron chi connectivity index (χ0n) is 13.0. The molecule has 0 saturated carbocycles. The van der Waals surface area contributed by atoms with Crippen LogP contribution in [0.25, 0.3) is 0 Å². The van der Waals surface area contributed by atoms with Crippen molar-refractivity contribution in [2.24, 2.45) is 0 Å².